The van der Waals surface area contributed by atoms with Gasteiger partial charge in [0.15, 0.2) is 0 Å². The van der Waals surface area contributed by atoms with Crippen molar-refractivity contribution in [3.05, 3.63) is 46.1 Å². The van der Waals surface area contributed by atoms with E-state index in [1.165, 1.54) is 0 Å². The summed E-state index contributed by atoms with van der Waals surface area (Å²) in [5.74, 6) is 1.65. The lowest BCUT2D eigenvalue weighted by atomic mass is 10.2. The molecule has 0 radical (unpaired) electrons. The molecule has 1 aliphatic heterocycles. The normalized spacial score (nSPS) is 14.1. The molecular formula is C17H24Cl5N3O. The first kappa shape index (κ1) is 25.8. The van der Waals surface area contributed by atoms with E-state index < -0.39 is 0 Å². The van der Waals surface area contributed by atoms with Crippen molar-refractivity contribution in [1.29, 1.82) is 0 Å². The maximum Gasteiger partial charge on any atom is 0.135 e. The van der Waals surface area contributed by atoms with Crippen LogP contribution in [0.5, 0.6) is 0 Å². The minimum atomic E-state index is 0. The van der Waals surface area contributed by atoms with Crippen LogP contribution in [0.4, 0.5) is 0 Å². The molecule has 0 spiro atoms. The molecule has 3 rings (SSSR count). The van der Waals surface area contributed by atoms with Gasteiger partial charge in [-0.25, -0.2) is 0 Å². The van der Waals surface area contributed by atoms with Crippen molar-refractivity contribution >= 4 is 60.4 Å². The lowest BCUT2D eigenvalue weighted by Gasteiger charge is -2.27. The molecule has 2 N–H and O–H groups in total. The summed E-state index contributed by atoms with van der Waals surface area (Å²) < 4.78 is 5.87. The number of benzene rings is 1. The Morgan fingerprint density at radius 3 is 2.50 bits per heavy atom. The van der Waals surface area contributed by atoms with Crippen molar-refractivity contribution in [1.82, 2.24) is 15.5 Å². The Hall–Kier alpha value is -0.170. The zero-order valence-electron chi connectivity index (χ0n) is 14.2. The van der Waals surface area contributed by atoms with Crippen molar-refractivity contribution in [2.45, 2.75) is 6.54 Å². The number of nitrogens with zero attached hydrogens (tertiary/aromatic N) is 1. The molecular weight excluding hydrogens is 439 g/mol. The molecule has 148 valence electrons. The van der Waals surface area contributed by atoms with Crippen molar-refractivity contribution in [2.75, 3.05) is 39.3 Å². The predicted molar refractivity (Wildman–Crippen MR) is 117 cm³/mol. The molecule has 2 aromatic rings. The van der Waals surface area contributed by atoms with E-state index >= 15 is 0 Å². The Balaban J connectivity index is 0.00000208. The van der Waals surface area contributed by atoms with E-state index in [1.807, 2.05) is 18.2 Å². The summed E-state index contributed by atoms with van der Waals surface area (Å²) >= 11 is 12.2. The second-order valence-electron chi connectivity index (χ2n) is 5.66. The Labute approximate surface area is 183 Å². The van der Waals surface area contributed by atoms with Crippen LogP contribution in [0.1, 0.15) is 5.76 Å². The van der Waals surface area contributed by atoms with Crippen LogP contribution >= 0.6 is 60.4 Å². The van der Waals surface area contributed by atoms with Crippen molar-refractivity contribution in [3.63, 3.8) is 0 Å². The highest BCUT2D eigenvalue weighted by molar-refractivity contribution is 6.35. The van der Waals surface area contributed by atoms with E-state index in [2.05, 4.69) is 15.5 Å². The van der Waals surface area contributed by atoms with Gasteiger partial charge in [-0.05, 0) is 30.3 Å². The van der Waals surface area contributed by atoms with Crippen LogP contribution in [-0.2, 0) is 6.54 Å². The van der Waals surface area contributed by atoms with Gasteiger partial charge in [-0.2, -0.15) is 0 Å². The molecule has 2 heterocycles. The van der Waals surface area contributed by atoms with Gasteiger partial charge in [0.05, 0.1) is 11.6 Å². The average molecular weight is 464 g/mol. The highest BCUT2D eigenvalue weighted by Gasteiger charge is 2.10. The van der Waals surface area contributed by atoms with E-state index in [9.17, 15) is 0 Å². The van der Waals surface area contributed by atoms with Crippen LogP contribution in [0, 0.1) is 0 Å². The van der Waals surface area contributed by atoms with E-state index in [0.29, 0.717) is 16.6 Å². The lowest BCUT2D eigenvalue weighted by Crippen LogP contribution is -2.45. The lowest BCUT2D eigenvalue weighted by molar-refractivity contribution is 0.240. The number of furan rings is 1. The molecule has 1 aromatic carbocycles. The van der Waals surface area contributed by atoms with Gasteiger partial charge < -0.3 is 15.1 Å². The zero-order chi connectivity index (χ0) is 16.1. The topological polar surface area (TPSA) is 40.4 Å². The van der Waals surface area contributed by atoms with Gasteiger partial charge in [0.1, 0.15) is 11.5 Å². The molecule has 26 heavy (non-hydrogen) atoms. The molecule has 1 aliphatic rings. The summed E-state index contributed by atoms with van der Waals surface area (Å²) in [6.07, 6.45) is 0. The summed E-state index contributed by atoms with van der Waals surface area (Å²) in [5.41, 5.74) is 0.825. The van der Waals surface area contributed by atoms with Gasteiger partial charge in [0.25, 0.3) is 0 Å². The fraction of sp³-hybridized carbons (Fsp3) is 0.412. The van der Waals surface area contributed by atoms with Gasteiger partial charge in [0.2, 0.25) is 0 Å². The third-order valence-electron chi connectivity index (χ3n) is 3.97. The first-order valence-corrected chi connectivity index (χ1v) is 8.66. The van der Waals surface area contributed by atoms with E-state index in [4.69, 9.17) is 27.6 Å². The summed E-state index contributed by atoms with van der Waals surface area (Å²) in [6, 6.07) is 9.29. The highest BCUT2D eigenvalue weighted by atomic mass is 35.5. The van der Waals surface area contributed by atoms with Gasteiger partial charge in [-0.15, -0.1) is 37.2 Å². The molecule has 9 heteroatoms. The minimum absolute atomic E-state index is 0. The van der Waals surface area contributed by atoms with Crippen LogP contribution in [0.15, 0.2) is 34.7 Å². The fourth-order valence-electron chi connectivity index (χ4n) is 2.69. The van der Waals surface area contributed by atoms with Crippen LogP contribution in [0.2, 0.25) is 10.0 Å². The molecule has 0 bridgehead atoms. The largest absolute Gasteiger partial charge is 0.460 e. The standard InChI is InChI=1S/C17H21Cl2N3O.3ClH/c18-13-1-3-16(19)15(11-13)17-4-2-14(23-17)12-21-7-10-22-8-5-20-6-9-22;;;/h1-4,11,20-21H,5-10,12H2;3*1H. The Kier molecular flexibility index (Phi) is 13.0. The Morgan fingerprint density at radius 2 is 1.77 bits per heavy atom. The molecule has 1 fully saturated rings. The third kappa shape index (κ3) is 7.45. The summed E-state index contributed by atoms with van der Waals surface area (Å²) in [5, 5.41) is 8.08. The van der Waals surface area contributed by atoms with Gasteiger partial charge in [0, 0.05) is 49.9 Å². The molecule has 0 aliphatic carbocycles. The number of rotatable bonds is 6. The number of piperazine rings is 1. The summed E-state index contributed by atoms with van der Waals surface area (Å²) in [7, 11) is 0. The maximum absolute atomic E-state index is 6.21. The van der Waals surface area contributed by atoms with Gasteiger partial charge in [-0.3, -0.25) is 4.90 Å². The monoisotopic (exact) mass is 461 g/mol. The predicted octanol–water partition coefficient (Wildman–Crippen LogP) is 4.51. The first-order chi connectivity index (χ1) is 11.2. The van der Waals surface area contributed by atoms with Crippen LogP contribution in [0.3, 0.4) is 0 Å². The quantitative estimate of drug-likeness (QED) is 0.619. The third-order valence-corrected chi connectivity index (χ3v) is 4.53. The molecule has 0 atom stereocenters. The van der Waals surface area contributed by atoms with Crippen molar-refractivity contribution in [3.8, 4) is 11.3 Å². The van der Waals surface area contributed by atoms with Crippen molar-refractivity contribution < 1.29 is 4.42 Å². The van der Waals surface area contributed by atoms with E-state index in [1.54, 1.807) is 12.1 Å². The first-order valence-electron chi connectivity index (χ1n) is 7.90. The van der Waals surface area contributed by atoms with Crippen molar-refractivity contribution in [2.24, 2.45) is 0 Å². The number of halogens is 5. The zero-order valence-corrected chi connectivity index (χ0v) is 18.1. The number of hydrogen-bond donors (Lipinski definition) is 2. The summed E-state index contributed by atoms with van der Waals surface area (Å²) in [4.78, 5) is 2.46. The molecule has 0 unspecified atom stereocenters. The SMILES string of the molecule is Cl.Cl.Cl.Clc1ccc(Cl)c(-c2ccc(CNCCN3CCNCC3)o2)c1. The maximum atomic E-state index is 6.21. The van der Waals surface area contributed by atoms with Gasteiger partial charge in [-0.1, -0.05) is 23.2 Å². The molecule has 0 saturated carbocycles. The fourth-order valence-corrected chi connectivity index (χ4v) is 3.07. The molecule has 1 saturated heterocycles. The van der Waals surface area contributed by atoms with Crippen LogP contribution in [-0.4, -0.2) is 44.2 Å². The average Bonchev–Trinajstić information content (AvgIpc) is 3.03. The second kappa shape index (κ2) is 13.1. The van der Waals surface area contributed by atoms with Crippen LogP contribution in [0.25, 0.3) is 11.3 Å². The van der Waals surface area contributed by atoms with E-state index in [-0.39, 0.29) is 37.2 Å². The molecule has 1 aromatic heterocycles. The number of hydrogen-bond acceptors (Lipinski definition) is 4. The molecule has 4 nitrogen and oxygen atoms in total. The van der Waals surface area contributed by atoms with Gasteiger partial charge >= 0.3 is 0 Å². The minimum Gasteiger partial charge on any atom is -0.460 e. The Bertz CT molecular complexity index is 647. The number of nitrogens with one attached hydrogen (secondary N) is 2. The smallest absolute Gasteiger partial charge is 0.135 e. The van der Waals surface area contributed by atoms with E-state index in [0.717, 1.165) is 56.4 Å². The second-order valence-corrected chi connectivity index (χ2v) is 6.50. The summed E-state index contributed by atoms with van der Waals surface area (Å²) in [6.45, 7) is 7.15. The Morgan fingerprint density at radius 1 is 1.04 bits per heavy atom. The van der Waals surface area contributed by atoms with Crippen LogP contribution < -0.4 is 10.6 Å². The molecule has 0 amide bonds. The highest BCUT2D eigenvalue weighted by Crippen LogP contribution is 2.31.